The molecule has 2 heterocycles. The third-order valence-corrected chi connectivity index (χ3v) is 4.12. The van der Waals surface area contributed by atoms with Crippen LogP contribution in [0.5, 0.6) is 5.75 Å². The number of hydrogen-bond donors (Lipinski definition) is 0. The number of nitrogens with zero attached hydrogens (tertiary/aromatic N) is 2. The Morgan fingerprint density at radius 2 is 2.18 bits per heavy atom. The van der Waals surface area contributed by atoms with Crippen molar-refractivity contribution in [2.75, 3.05) is 26.9 Å². The number of rotatable bonds is 2. The Hall–Kier alpha value is -2.14. The molecule has 0 bridgehead atoms. The molecule has 22 heavy (non-hydrogen) atoms. The molecule has 1 aliphatic rings. The fourth-order valence-corrected chi connectivity index (χ4v) is 2.84. The number of carbonyl (C=O) groups excluding carboxylic acids is 1. The molecule has 5 heteroatoms. The third-order valence-electron chi connectivity index (χ3n) is 4.12. The van der Waals surface area contributed by atoms with Gasteiger partial charge >= 0.3 is 0 Å². The molecule has 5 nitrogen and oxygen atoms in total. The van der Waals surface area contributed by atoms with Crippen LogP contribution in [0.1, 0.15) is 23.7 Å². The first-order valence-corrected chi connectivity index (χ1v) is 7.53. The highest BCUT2D eigenvalue weighted by molar-refractivity contribution is 6.08. The lowest BCUT2D eigenvalue weighted by molar-refractivity contribution is 0.0686. The highest BCUT2D eigenvalue weighted by Gasteiger charge is 2.27. The molecular formula is C17H20N2O3. The van der Waals surface area contributed by atoms with E-state index < -0.39 is 0 Å². The van der Waals surface area contributed by atoms with E-state index in [2.05, 4.69) is 11.9 Å². The van der Waals surface area contributed by atoms with Gasteiger partial charge in [-0.2, -0.15) is 0 Å². The van der Waals surface area contributed by atoms with Crippen molar-refractivity contribution in [2.24, 2.45) is 0 Å². The zero-order valence-corrected chi connectivity index (χ0v) is 12.9. The number of para-hydroxylation sites is 1. The van der Waals surface area contributed by atoms with Crippen LogP contribution in [-0.4, -0.2) is 48.7 Å². The molecule has 1 unspecified atom stereocenters. The molecule has 1 amide bonds. The lowest BCUT2D eigenvalue weighted by Gasteiger charge is -2.27. The van der Waals surface area contributed by atoms with Crippen molar-refractivity contribution in [3.05, 3.63) is 36.0 Å². The Bertz CT molecular complexity index is 687. The normalized spacial score (nSPS) is 19.0. The van der Waals surface area contributed by atoms with E-state index in [1.54, 1.807) is 13.3 Å². The number of hydrogen-bond acceptors (Lipinski definition) is 4. The Balaban J connectivity index is 2.09. The maximum absolute atomic E-state index is 13.1. The highest BCUT2D eigenvalue weighted by atomic mass is 16.5. The van der Waals surface area contributed by atoms with Crippen molar-refractivity contribution in [2.45, 2.75) is 19.4 Å². The molecule has 0 spiro atoms. The minimum absolute atomic E-state index is 0.0200. The third kappa shape index (κ3) is 2.64. The Morgan fingerprint density at radius 3 is 3.00 bits per heavy atom. The Kier molecular flexibility index (Phi) is 4.24. The number of ether oxygens (including phenoxy) is 2. The fourth-order valence-electron chi connectivity index (χ4n) is 2.84. The molecule has 1 atom stereocenters. The predicted octanol–water partition coefficient (Wildman–Crippen LogP) is 2.49. The second kappa shape index (κ2) is 6.32. The Morgan fingerprint density at radius 1 is 1.36 bits per heavy atom. The number of pyridine rings is 1. The zero-order valence-electron chi connectivity index (χ0n) is 12.9. The van der Waals surface area contributed by atoms with Crippen LogP contribution in [0, 0.1) is 0 Å². The smallest absolute Gasteiger partial charge is 0.258 e. The molecule has 1 fully saturated rings. The summed E-state index contributed by atoms with van der Waals surface area (Å²) in [5.41, 5.74) is 1.38. The van der Waals surface area contributed by atoms with Gasteiger partial charge in [0.1, 0.15) is 0 Å². The van der Waals surface area contributed by atoms with Crippen molar-refractivity contribution in [1.82, 2.24) is 9.88 Å². The maximum atomic E-state index is 13.1. The second-order valence-electron chi connectivity index (χ2n) is 5.47. The predicted molar refractivity (Wildman–Crippen MR) is 84.2 cm³/mol. The lowest BCUT2D eigenvalue weighted by atomic mass is 10.1. The van der Waals surface area contributed by atoms with Crippen molar-refractivity contribution in [1.29, 1.82) is 0 Å². The van der Waals surface area contributed by atoms with Crippen LogP contribution < -0.4 is 4.74 Å². The fraction of sp³-hybridized carbons (Fsp3) is 0.412. The van der Waals surface area contributed by atoms with Crippen molar-refractivity contribution >= 4 is 16.8 Å². The first kappa shape index (κ1) is 14.8. The van der Waals surface area contributed by atoms with E-state index in [0.29, 0.717) is 31.1 Å². The van der Waals surface area contributed by atoms with Gasteiger partial charge in [0.2, 0.25) is 0 Å². The summed E-state index contributed by atoms with van der Waals surface area (Å²) in [7, 11) is 1.57. The first-order valence-electron chi connectivity index (χ1n) is 7.53. The van der Waals surface area contributed by atoms with Crippen LogP contribution in [0.25, 0.3) is 10.9 Å². The molecule has 3 rings (SSSR count). The summed E-state index contributed by atoms with van der Waals surface area (Å²) in [5, 5.41) is 0.823. The molecule has 1 aliphatic heterocycles. The van der Waals surface area contributed by atoms with Crippen LogP contribution in [0.3, 0.4) is 0 Å². The molecular weight excluding hydrogens is 280 g/mol. The average molecular weight is 300 g/mol. The molecule has 2 aromatic rings. The maximum Gasteiger partial charge on any atom is 0.258 e. The highest BCUT2D eigenvalue weighted by Crippen LogP contribution is 2.28. The van der Waals surface area contributed by atoms with Gasteiger partial charge in [0, 0.05) is 24.6 Å². The quantitative estimate of drug-likeness (QED) is 0.855. The summed E-state index contributed by atoms with van der Waals surface area (Å²) in [4.78, 5) is 19.3. The summed E-state index contributed by atoms with van der Waals surface area (Å²) in [5.74, 6) is 0.495. The van der Waals surface area contributed by atoms with Gasteiger partial charge < -0.3 is 14.4 Å². The molecule has 1 saturated heterocycles. The van der Waals surface area contributed by atoms with Gasteiger partial charge in [-0.05, 0) is 19.4 Å². The molecule has 0 radical (unpaired) electrons. The molecule has 0 aliphatic carbocycles. The standard InChI is InChI=1S/C17H20N2O3/c1-12-7-9-22-10-8-19(12)17(20)16-13-5-3-4-6-14(13)18-11-15(16)21-2/h3-6,11-12H,7-10H2,1-2H3. The van der Waals surface area contributed by atoms with Gasteiger partial charge in [-0.3, -0.25) is 9.78 Å². The second-order valence-corrected chi connectivity index (χ2v) is 5.47. The van der Waals surface area contributed by atoms with Gasteiger partial charge in [0.05, 0.1) is 31.0 Å². The first-order chi connectivity index (χ1) is 10.7. The number of carbonyl (C=O) groups is 1. The minimum atomic E-state index is -0.0200. The zero-order chi connectivity index (χ0) is 15.5. The number of benzene rings is 1. The van der Waals surface area contributed by atoms with Gasteiger partial charge in [-0.25, -0.2) is 0 Å². The molecule has 1 aromatic heterocycles. The minimum Gasteiger partial charge on any atom is -0.494 e. The van der Waals surface area contributed by atoms with E-state index in [1.807, 2.05) is 29.2 Å². The van der Waals surface area contributed by atoms with Crippen LogP contribution in [0.2, 0.25) is 0 Å². The van der Waals surface area contributed by atoms with E-state index in [9.17, 15) is 4.79 Å². The SMILES string of the molecule is COc1cnc2ccccc2c1C(=O)N1CCOCCC1C. The monoisotopic (exact) mass is 300 g/mol. The van der Waals surface area contributed by atoms with Crippen LogP contribution in [0.15, 0.2) is 30.5 Å². The molecule has 1 aromatic carbocycles. The van der Waals surface area contributed by atoms with Crippen LogP contribution in [0.4, 0.5) is 0 Å². The van der Waals surface area contributed by atoms with E-state index >= 15 is 0 Å². The van der Waals surface area contributed by atoms with E-state index in [4.69, 9.17) is 9.47 Å². The van der Waals surface area contributed by atoms with Crippen LogP contribution in [-0.2, 0) is 4.74 Å². The number of fused-ring (bicyclic) bond motifs is 1. The topological polar surface area (TPSA) is 51.7 Å². The summed E-state index contributed by atoms with van der Waals surface area (Å²) in [6, 6.07) is 7.79. The van der Waals surface area contributed by atoms with Crippen molar-refractivity contribution < 1.29 is 14.3 Å². The number of methoxy groups -OCH3 is 1. The summed E-state index contributed by atoms with van der Waals surface area (Å²) in [6.07, 6.45) is 2.46. The molecule has 0 N–H and O–H groups in total. The van der Waals surface area contributed by atoms with Crippen molar-refractivity contribution in [3.63, 3.8) is 0 Å². The van der Waals surface area contributed by atoms with Crippen molar-refractivity contribution in [3.8, 4) is 5.75 Å². The van der Waals surface area contributed by atoms with E-state index in [-0.39, 0.29) is 11.9 Å². The summed E-state index contributed by atoms with van der Waals surface area (Å²) >= 11 is 0. The summed E-state index contributed by atoms with van der Waals surface area (Å²) < 4.78 is 10.9. The number of aromatic nitrogens is 1. The molecule has 116 valence electrons. The Labute approximate surface area is 129 Å². The summed E-state index contributed by atoms with van der Waals surface area (Å²) in [6.45, 7) is 3.92. The van der Waals surface area contributed by atoms with E-state index in [1.165, 1.54) is 0 Å². The lowest BCUT2D eigenvalue weighted by Crippen LogP contribution is -2.39. The van der Waals surface area contributed by atoms with Gasteiger partial charge in [0.15, 0.2) is 5.75 Å². The number of amides is 1. The van der Waals surface area contributed by atoms with Crippen LogP contribution >= 0.6 is 0 Å². The van der Waals surface area contributed by atoms with Gasteiger partial charge in [0.25, 0.3) is 5.91 Å². The van der Waals surface area contributed by atoms with Gasteiger partial charge in [-0.15, -0.1) is 0 Å². The van der Waals surface area contributed by atoms with E-state index in [0.717, 1.165) is 17.3 Å². The average Bonchev–Trinajstić information content (AvgIpc) is 2.77. The molecule has 0 saturated carbocycles. The van der Waals surface area contributed by atoms with Gasteiger partial charge in [-0.1, -0.05) is 18.2 Å². The largest absolute Gasteiger partial charge is 0.494 e.